The molecule has 2 aliphatic heterocycles. The quantitative estimate of drug-likeness (QED) is 0.413. The maximum atomic E-state index is 11.1. The number of ether oxygens (including phenoxy) is 2. The number of hydrogen-bond donors (Lipinski definition) is 0. The smallest absolute Gasteiger partial charge is 0.331 e. The molecule has 2 rings (SSSR count). The number of rotatable bonds is 0. The Morgan fingerprint density at radius 2 is 2.00 bits per heavy atom. The number of fused-ring (bicyclic) bond motifs is 1. The number of esters is 1. The summed E-state index contributed by atoms with van der Waals surface area (Å²) in [5, 5.41) is 0. The van der Waals surface area contributed by atoms with E-state index in [0.717, 1.165) is 6.08 Å². The third kappa shape index (κ3) is 1.90. The highest BCUT2D eigenvalue weighted by Gasteiger charge is 2.43. The van der Waals surface area contributed by atoms with Crippen molar-refractivity contribution in [1.29, 1.82) is 0 Å². The lowest BCUT2D eigenvalue weighted by atomic mass is 10.2. The summed E-state index contributed by atoms with van der Waals surface area (Å²) in [4.78, 5) is 22.1. The fraction of sp³-hybridized carbons (Fsp3) is 0.400. The van der Waals surface area contributed by atoms with E-state index in [4.69, 9.17) is 9.47 Å². The first-order chi connectivity index (χ1) is 6.66. The van der Waals surface area contributed by atoms with Crippen molar-refractivity contribution < 1.29 is 19.1 Å². The van der Waals surface area contributed by atoms with Crippen LogP contribution in [0, 0.1) is 0 Å². The minimum absolute atomic E-state index is 0.0896. The molecule has 0 N–H and O–H groups in total. The second kappa shape index (κ2) is 3.38. The number of cyclic esters (lactones) is 1. The van der Waals surface area contributed by atoms with Gasteiger partial charge in [0.15, 0.2) is 5.78 Å². The third-order valence-electron chi connectivity index (χ3n) is 2.16. The van der Waals surface area contributed by atoms with Crippen LogP contribution < -0.4 is 0 Å². The fourth-order valence-electron chi connectivity index (χ4n) is 1.35. The van der Waals surface area contributed by atoms with Crippen molar-refractivity contribution in [1.82, 2.24) is 0 Å². The van der Waals surface area contributed by atoms with Gasteiger partial charge in [-0.15, -0.1) is 0 Å². The number of carbonyl (C=O) groups excluding carboxylic acids is 2. The highest BCUT2D eigenvalue weighted by Crippen LogP contribution is 2.28. The molecule has 74 valence electrons. The van der Waals surface area contributed by atoms with E-state index in [1.807, 2.05) is 0 Å². The summed E-state index contributed by atoms with van der Waals surface area (Å²) in [7, 11) is 0. The van der Waals surface area contributed by atoms with Gasteiger partial charge < -0.3 is 9.47 Å². The standard InChI is InChI=1S/C10H10O4/c1-6-10-8(14-10)4-2-7(11)3-5-9(12)13-6/h2-6,8,10H,1H3. The van der Waals surface area contributed by atoms with Crippen LogP contribution in [-0.2, 0) is 19.1 Å². The molecule has 1 fully saturated rings. The Labute approximate surface area is 81.2 Å². The van der Waals surface area contributed by atoms with E-state index in [-0.39, 0.29) is 24.1 Å². The van der Waals surface area contributed by atoms with E-state index in [9.17, 15) is 9.59 Å². The van der Waals surface area contributed by atoms with E-state index >= 15 is 0 Å². The van der Waals surface area contributed by atoms with Gasteiger partial charge in [0.1, 0.15) is 18.3 Å². The predicted molar refractivity (Wildman–Crippen MR) is 47.5 cm³/mol. The zero-order chi connectivity index (χ0) is 10.1. The second-order valence-electron chi connectivity index (χ2n) is 3.30. The Bertz CT molecular complexity index is 329. The van der Waals surface area contributed by atoms with Crippen LogP contribution in [0.5, 0.6) is 0 Å². The van der Waals surface area contributed by atoms with Crippen LogP contribution in [0.4, 0.5) is 0 Å². The van der Waals surface area contributed by atoms with E-state index in [1.54, 1.807) is 13.0 Å². The molecule has 4 heteroatoms. The number of carbonyl (C=O) groups is 2. The van der Waals surface area contributed by atoms with Crippen LogP contribution in [0.25, 0.3) is 0 Å². The fourth-order valence-corrected chi connectivity index (χ4v) is 1.35. The molecule has 0 bridgehead atoms. The van der Waals surface area contributed by atoms with Crippen molar-refractivity contribution in [3.8, 4) is 0 Å². The monoisotopic (exact) mass is 194 g/mol. The van der Waals surface area contributed by atoms with Crippen LogP contribution in [0.2, 0.25) is 0 Å². The minimum Gasteiger partial charge on any atom is -0.457 e. The van der Waals surface area contributed by atoms with Crippen molar-refractivity contribution in [2.45, 2.75) is 25.2 Å². The Hall–Kier alpha value is -1.42. The Kier molecular flexibility index (Phi) is 2.21. The molecule has 0 spiro atoms. The number of ketones is 1. The SMILES string of the molecule is CC1OC(=O)C=CC(=O)C=CC2OC12. The molecule has 0 amide bonds. The third-order valence-corrected chi connectivity index (χ3v) is 2.16. The Morgan fingerprint density at radius 3 is 2.79 bits per heavy atom. The first kappa shape index (κ1) is 9.15. The molecule has 0 aromatic rings. The van der Waals surface area contributed by atoms with Gasteiger partial charge in [-0.2, -0.15) is 0 Å². The number of hydrogen-bond acceptors (Lipinski definition) is 4. The molecule has 0 radical (unpaired) electrons. The van der Waals surface area contributed by atoms with Crippen LogP contribution >= 0.6 is 0 Å². The van der Waals surface area contributed by atoms with Crippen molar-refractivity contribution in [2.24, 2.45) is 0 Å². The molecule has 0 aliphatic carbocycles. The number of epoxide rings is 1. The zero-order valence-corrected chi connectivity index (χ0v) is 7.67. The molecule has 14 heavy (non-hydrogen) atoms. The maximum Gasteiger partial charge on any atom is 0.331 e. The summed E-state index contributed by atoms with van der Waals surface area (Å²) >= 11 is 0. The Balaban J connectivity index is 2.15. The van der Waals surface area contributed by atoms with Gasteiger partial charge in [-0.25, -0.2) is 4.79 Å². The van der Waals surface area contributed by atoms with Gasteiger partial charge in [-0.3, -0.25) is 4.79 Å². The first-order valence-corrected chi connectivity index (χ1v) is 4.43. The summed E-state index contributed by atoms with van der Waals surface area (Å²) in [5.74, 6) is -0.735. The highest BCUT2D eigenvalue weighted by molar-refractivity contribution is 6.02. The second-order valence-corrected chi connectivity index (χ2v) is 3.30. The average molecular weight is 194 g/mol. The number of allylic oxidation sites excluding steroid dienone is 2. The molecule has 0 saturated carbocycles. The summed E-state index contributed by atoms with van der Waals surface area (Å²) in [5.41, 5.74) is 0. The molecule has 0 aromatic carbocycles. The molecule has 3 atom stereocenters. The molecule has 0 aromatic heterocycles. The van der Waals surface area contributed by atoms with Crippen LogP contribution in [-0.4, -0.2) is 30.1 Å². The van der Waals surface area contributed by atoms with Gasteiger partial charge in [0.25, 0.3) is 0 Å². The normalized spacial score (nSPS) is 36.2. The first-order valence-electron chi connectivity index (χ1n) is 4.43. The van der Waals surface area contributed by atoms with Crippen LogP contribution in [0.1, 0.15) is 6.92 Å². The van der Waals surface area contributed by atoms with Gasteiger partial charge in [0.2, 0.25) is 0 Å². The summed E-state index contributed by atoms with van der Waals surface area (Å²) in [6, 6.07) is 0. The molecule has 3 unspecified atom stereocenters. The molecular weight excluding hydrogens is 184 g/mol. The van der Waals surface area contributed by atoms with E-state index in [2.05, 4.69) is 0 Å². The van der Waals surface area contributed by atoms with Gasteiger partial charge in [-0.05, 0) is 25.2 Å². The van der Waals surface area contributed by atoms with Crippen LogP contribution in [0.3, 0.4) is 0 Å². The van der Waals surface area contributed by atoms with Crippen molar-refractivity contribution >= 4 is 11.8 Å². The lowest BCUT2D eigenvalue weighted by Gasteiger charge is -2.08. The van der Waals surface area contributed by atoms with Crippen molar-refractivity contribution in [3.05, 3.63) is 24.3 Å². The molecule has 2 heterocycles. The molecular formula is C10H10O4. The average Bonchev–Trinajstić information content (AvgIpc) is 2.89. The lowest BCUT2D eigenvalue weighted by molar-refractivity contribution is -0.143. The topological polar surface area (TPSA) is 55.9 Å². The zero-order valence-electron chi connectivity index (χ0n) is 7.67. The molecule has 2 aliphatic rings. The summed E-state index contributed by atoms with van der Waals surface area (Å²) in [6.07, 6.45) is 4.96. The van der Waals surface area contributed by atoms with E-state index in [0.29, 0.717) is 0 Å². The molecule has 1 saturated heterocycles. The Morgan fingerprint density at radius 1 is 1.21 bits per heavy atom. The maximum absolute atomic E-state index is 11.1. The summed E-state index contributed by atoms with van der Waals surface area (Å²) < 4.78 is 10.2. The van der Waals surface area contributed by atoms with Crippen LogP contribution in [0.15, 0.2) is 24.3 Å². The van der Waals surface area contributed by atoms with Crippen molar-refractivity contribution in [2.75, 3.05) is 0 Å². The van der Waals surface area contributed by atoms with E-state index < -0.39 is 5.97 Å². The highest BCUT2D eigenvalue weighted by atomic mass is 16.6. The summed E-state index contributed by atoms with van der Waals surface area (Å²) in [6.45, 7) is 1.77. The van der Waals surface area contributed by atoms with Gasteiger partial charge >= 0.3 is 5.97 Å². The van der Waals surface area contributed by atoms with Gasteiger partial charge in [-0.1, -0.05) is 0 Å². The predicted octanol–water partition coefficient (Wildman–Crippen LogP) is 0.381. The molecule has 4 nitrogen and oxygen atoms in total. The van der Waals surface area contributed by atoms with Crippen molar-refractivity contribution in [3.63, 3.8) is 0 Å². The van der Waals surface area contributed by atoms with E-state index in [1.165, 1.54) is 12.2 Å². The largest absolute Gasteiger partial charge is 0.457 e. The van der Waals surface area contributed by atoms with Gasteiger partial charge in [0.05, 0.1) is 0 Å². The lowest BCUT2D eigenvalue weighted by Crippen LogP contribution is -2.21. The minimum atomic E-state index is -0.504. The van der Waals surface area contributed by atoms with Gasteiger partial charge in [0, 0.05) is 6.08 Å².